The Bertz CT molecular complexity index is 1080. The molecule has 2 aromatic heterocycles. The van der Waals surface area contributed by atoms with E-state index in [0.717, 1.165) is 10.6 Å². The van der Waals surface area contributed by atoms with Crippen LogP contribution in [0.25, 0.3) is 10.9 Å². The molecule has 3 N–H and O–H groups in total. The van der Waals surface area contributed by atoms with Crippen LogP contribution in [0.4, 0.5) is 5.13 Å². The number of carbonyl (C=O) groups excluding carboxylic acids is 3. The van der Waals surface area contributed by atoms with E-state index in [1.54, 1.807) is 24.4 Å². The van der Waals surface area contributed by atoms with Gasteiger partial charge in [-0.3, -0.25) is 25.2 Å². The van der Waals surface area contributed by atoms with E-state index in [-0.39, 0.29) is 11.3 Å². The lowest BCUT2D eigenvalue weighted by Gasteiger charge is -2.25. The summed E-state index contributed by atoms with van der Waals surface area (Å²) >= 11 is 1.34. The first kappa shape index (κ1) is 19.1. The Kier molecular flexibility index (Phi) is 5.28. The topological polar surface area (TPSA) is 116 Å². The van der Waals surface area contributed by atoms with Crippen molar-refractivity contribution < 1.29 is 19.1 Å². The molecule has 3 aromatic rings. The molecule has 1 fully saturated rings. The first-order valence-electron chi connectivity index (χ1n) is 9.05. The van der Waals surface area contributed by atoms with Gasteiger partial charge < -0.3 is 14.6 Å². The molecular weight excluding hydrogens is 394 g/mol. The molecule has 2 amide bonds. The normalized spacial score (nSPS) is 14.0. The van der Waals surface area contributed by atoms with Crippen LogP contribution >= 0.6 is 11.3 Å². The van der Waals surface area contributed by atoms with Gasteiger partial charge in [-0.1, -0.05) is 18.2 Å². The van der Waals surface area contributed by atoms with Gasteiger partial charge in [0.1, 0.15) is 5.69 Å². The zero-order valence-corrected chi connectivity index (χ0v) is 16.5. The van der Waals surface area contributed by atoms with Crippen LogP contribution < -0.4 is 15.8 Å². The van der Waals surface area contributed by atoms with Crippen molar-refractivity contribution in [1.29, 1.82) is 0 Å². The second-order valence-electron chi connectivity index (χ2n) is 6.52. The minimum Gasteiger partial charge on any atom is -0.378 e. The molecule has 0 radical (unpaired) electrons. The summed E-state index contributed by atoms with van der Waals surface area (Å²) in [6.45, 7) is 4.38. The van der Waals surface area contributed by atoms with Gasteiger partial charge in [0.05, 0.1) is 18.8 Å². The number of hydrogen-bond donors (Lipinski definition) is 3. The number of para-hydroxylation sites is 1. The average Bonchev–Trinajstić information content (AvgIpc) is 3.36. The van der Waals surface area contributed by atoms with Crippen molar-refractivity contribution in [3.63, 3.8) is 0 Å². The van der Waals surface area contributed by atoms with Gasteiger partial charge in [0, 0.05) is 35.1 Å². The van der Waals surface area contributed by atoms with Gasteiger partial charge in [-0.25, -0.2) is 4.98 Å². The SMILES string of the molecule is Cc1[nH]c2ccccc2c1C(=O)C(=O)NNC(=O)c1csc(N2CCOCC2)n1. The number of benzene rings is 1. The van der Waals surface area contributed by atoms with Gasteiger partial charge in [-0.05, 0) is 13.0 Å². The molecular formula is C19H19N5O4S. The predicted molar refractivity (Wildman–Crippen MR) is 108 cm³/mol. The number of rotatable bonds is 4. The number of aromatic nitrogens is 2. The molecule has 0 unspecified atom stereocenters. The molecule has 0 spiro atoms. The number of nitrogens with zero attached hydrogens (tertiary/aromatic N) is 2. The number of hydrogen-bond acceptors (Lipinski definition) is 7. The smallest absolute Gasteiger partial charge is 0.310 e. The molecule has 9 nitrogen and oxygen atoms in total. The maximum atomic E-state index is 12.6. The van der Waals surface area contributed by atoms with E-state index in [0.29, 0.717) is 37.4 Å². The third-order valence-corrected chi connectivity index (χ3v) is 5.52. The van der Waals surface area contributed by atoms with Gasteiger partial charge >= 0.3 is 5.91 Å². The Morgan fingerprint density at radius 1 is 1.17 bits per heavy atom. The Morgan fingerprint density at radius 2 is 1.93 bits per heavy atom. The fourth-order valence-electron chi connectivity index (χ4n) is 3.19. The Labute approximate surface area is 170 Å². The zero-order chi connectivity index (χ0) is 20.4. The minimum atomic E-state index is -0.921. The van der Waals surface area contributed by atoms with Crippen LogP contribution in [0.2, 0.25) is 0 Å². The molecule has 1 saturated heterocycles. The summed E-state index contributed by atoms with van der Waals surface area (Å²) in [7, 11) is 0. The summed E-state index contributed by atoms with van der Waals surface area (Å²) in [5.74, 6) is -2.24. The number of H-pyrrole nitrogens is 1. The number of Topliss-reactive ketones (excluding diaryl/α,β-unsaturated/α-hetero) is 1. The monoisotopic (exact) mass is 413 g/mol. The highest BCUT2D eigenvalue weighted by Crippen LogP contribution is 2.23. The number of hydrazine groups is 1. The van der Waals surface area contributed by atoms with Gasteiger partial charge in [0.15, 0.2) is 5.13 Å². The largest absolute Gasteiger partial charge is 0.378 e. The number of aryl methyl sites for hydroxylation is 1. The molecule has 0 saturated carbocycles. The van der Waals surface area contributed by atoms with E-state index in [4.69, 9.17) is 4.74 Å². The highest BCUT2D eigenvalue weighted by molar-refractivity contribution is 7.13. The number of thiazole rings is 1. The lowest BCUT2D eigenvalue weighted by molar-refractivity contribution is -0.117. The molecule has 150 valence electrons. The second-order valence-corrected chi connectivity index (χ2v) is 7.36. The van der Waals surface area contributed by atoms with Gasteiger partial charge in [-0.15, -0.1) is 11.3 Å². The minimum absolute atomic E-state index is 0.174. The number of nitrogens with one attached hydrogen (secondary N) is 3. The highest BCUT2D eigenvalue weighted by atomic mass is 32.1. The zero-order valence-electron chi connectivity index (χ0n) is 15.7. The molecule has 4 rings (SSSR count). The number of morpholine rings is 1. The van der Waals surface area contributed by atoms with E-state index < -0.39 is 17.6 Å². The molecule has 0 bridgehead atoms. The van der Waals surface area contributed by atoms with Crippen molar-refractivity contribution in [2.24, 2.45) is 0 Å². The molecule has 1 aromatic carbocycles. The molecule has 1 aliphatic heterocycles. The molecule has 0 aliphatic carbocycles. The quantitative estimate of drug-likeness (QED) is 0.338. The Hall–Kier alpha value is -3.24. The Morgan fingerprint density at radius 3 is 2.72 bits per heavy atom. The first-order valence-corrected chi connectivity index (χ1v) is 9.93. The lowest BCUT2D eigenvalue weighted by Crippen LogP contribution is -2.45. The summed E-state index contributed by atoms with van der Waals surface area (Å²) in [6, 6.07) is 7.22. The average molecular weight is 413 g/mol. The second kappa shape index (κ2) is 8.02. The number of carbonyl (C=O) groups is 3. The summed E-state index contributed by atoms with van der Waals surface area (Å²) in [5, 5.41) is 2.99. The van der Waals surface area contributed by atoms with Crippen LogP contribution in [0.5, 0.6) is 0 Å². The van der Waals surface area contributed by atoms with Gasteiger partial charge in [0.2, 0.25) is 0 Å². The van der Waals surface area contributed by atoms with Crippen molar-refractivity contribution in [1.82, 2.24) is 20.8 Å². The third kappa shape index (κ3) is 3.84. The van der Waals surface area contributed by atoms with Crippen LogP contribution in [0.3, 0.4) is 0 Å². The van der Waals surface area contributed by atoms with Crippen molar-refractivity contribution in [2.75, 3.05) is 31.2 Å². The fourth-order valence-corrected chi connectivity index (χ4v) is 4.05. The van der Waals surface area contributed by atoms with Crippen molar-refractivity contribution in [2.45, 2.75) is 6.92 Å². The first-order chi connectivity index (χ1) is 14.0. The number of aromatic amines is 1. The maximum absolute atomic E-state index is 12.6. The number of ketones is 1. The molecule has 10 heteroatoms. The highest BCUT2D eigenvalue weighted by Gasteiger charge is 2.24. The predicted octanol–water partition coefficient (Wildman–Crippen LogP) is 1.41. The number of ether oxygens (including phenoxy) is 1. The summed E-state index contributed by atoms with van der Waals surface area (Å²) < 4.78 is 5.30. The van der Waals surface area contributed by atoms with Crippen LogP contribution in [0.1, 0.15) is 26.5 Å². The van der Waals surface area contributed by atoms with E-state index >= 15 is 0 Å². The summed E-state index contributed by atoms with van der Waals surface area (Å²) in [6.07, 6.45) is 0. The van der Waals surface area contributed by atoms with Crippen LogP contribution in [0, 0.1) is 6.92 Å². The number of fused-ring (bicyclic) bond motifs is 1. The molecule has 29 heavy (non-hydrogen) atoms. The van der Waals surface area contributed by atoms with Crippen LogP contribution in [-0.4, -0.2) is 53.9 Å². The molecule has 0 atom stereocenters. The summed E-state index contributed by atoms with van der Waals surface area (Å²) in [5.41, 5.74) is 6.25. The van der Waals surface area contributed by atoms with Crippen LogP contribution in [-0.2, 0) is 9.53 Å². The van der Waals surface area contributed by atoms with E-state index in [1.807, 2.05) is 17.0 Å². The maximum Gasteiger partial charge on any atom is 0.310 e. The lowest BCUT2D eigenvalue weighted by atomic mass is 10.1. The van der Waals surface area contributed by atoms with Gasteiger partial charge in [0.25, 0.3) is 11.7 Å². The number of amides is 2. The summed E-state index contributed by atoms with van der Waals surface area (Å²) in [4.78, 5) is 46.6. The van der Waals surface area contributed by atoms with E-state index in [2.05, 4.69) is 20.8 Å². The standard InChI is InChI=1S/C19H19N5O4S/c1-11-15(12-4-2-3-5-13(12)20-11)16(25)18(27)23-22-17(26)14-10-29-19(21-14)24-6-8-28-9-7-24/h2-5,10,20H,6-9H2,1H3,(H,22,26)(H,23,27). The van der Waals surface area contributed by atoms with Crippen molar-refractivity contribution >= 4 is 45.0 Å². The van der Waals surface area contributed by atoms with Gasteiger partial charge in [-0.2, -0.15) is 0 Å². The van der Waals surface area contributed by atoms with Crippen LogP contribution in [0.15, 0.2) is 29.6 Å². The van der Waals surface area contributed by atoms with E-state index in [9.17, 15) is 14.4 Å². The van der Waals surface area contributed by atoms with Crippen molar-refractivity contribution in [3.8, 4) is 0 Å². The fraction of sp³-hybridized carbons (Fsp3) is 0.263. The number of anilines is 1. The Balaban J connectivity index is 1.40. The van der Waals surface area contributed by atoms with E-state index in [1.165, 1.54) is 11.3 Å². The molecule has 3 heterocycles. The third-order valence-electron chi connectivity index (χ3n) is 4.62. The van der Waals surface area contributed by atoms with Crippen molar-refractivity contribution in [3.05, 3.63) is 46.6 Å². The molecule has 1 aliphatic rings.